The Kier molecular flexibility index (Phi) is 5.25. The normalized spacial score (nSPS) is 11.2. The van der Waals surface area contributed by atoms with Gasteiger partial charge in [0, 0.05) is 23.4 Å². The lowest BCUT2D eigenvalue weighted by Crippen LogP contribution is -2.34. The molecule has 9 heteroatoms. The molecule has 3 aromatic heterocycles. The quantitative estimate of drug-likeness (QED) is 0.667. The molecular formula is C16H17BrN6O2. The second-order valence-electron chi connectivity index (χ2n) is 5.58. The van der Waals surface area contributed by atoms with Gasteiger partial charge in [-0.15, -0.1) is 5.10 Å². The number of aromatic nitrogens is 4. The van der Waals surface area contributed by atoms with Crippen molar-refractivity contribution in [1.82, 2.24) is 24.1 Å². The molecule has 3 rings (SSSR count). The Morgan fingerprint density at radius 1 is 1.32 bits per heavy atom. The van der Waals surface area contributed by atoms with Crippen LogP contribution in [0.25, 0.3) is 5.65 Å². The largest absolute Gasteiger partial charge is 0.350 e. The van der Waals surface area contributed by atoms with Gasteiger partial charge in [-0.05, 0) is 47.2 Å². The topological polar surface area (TPSA) is 84.5 Å². The van der Waals surface area contributed by atoms with E-state index >= 15 is 0 Å². The molecular weight excluding hydrogens is 388 g/mol. The van der Waals surface area contributed by atoms with Crippen molar-refractivity contribution in [1.29, 1.82) is 0 Å². The summed E-state index contributed by atoms with van der Waals surface area (Å²) in [6, 6.07) is 8.92. The van der Waals surface area contributed by atoms with E-state index in [4.69, 9.17) is 0 Å². The number of fused-ring (bicyclic) bond motifs is 1. The summed E-state index contributed by atoms with van der Waals surface area (Å²) >= 11 is 3.29. The van der Waals surface area contributed by atoms with Crippen LogP contribution >= 0.6 is 15.9 Å². The number of nitrogens with zero attached hydrogens (tertiary/aromatic N) is 5. The highest BCUT2D eigenvalue weighted by molar-refractivity contribution is 9.10. The van der Waals surface area contributed by atoms with E-state index in [9.17, 15) is 9.59 Å². The number of pyridine rings is 2. The van der Waals surface area contributed by atoms with Crippen LogP contribution in [0.3, 0.4) is 0 Å². The summed E-state index contributed by atoms with van der Waals surface area (Å²) in [5.74, 6) is 0.331. The maximum atomic E-state index is 12.2. The molecule has 3 heterocycles. The number of hydrogen-bond acceptors (Lipinski definition) is 5. The second kappa shape index (κ2) is 7.58. The Labute approximate surface area is 152 Å². The van der Waals surface area contributed by atoms with Crippen LogP contribution in [0.1, 0.15) is 0 Å². The number of hydrogen-bond donors (Lipinski definition) is 1. The second-order valence-corrected chi connectivity index (χ2v) is 6.50. The fourth-order valence-electron chi connectivity index (χ4n) is 2.34. The average molecular weight is 405 g/mol. The van der Waals surface area contributed by atoms with Crippen molar-refractivity contribution in [3.63, 3.8) is 0 Å². The molecule has 8 nitrogen and oxygen atoms in total. The molecule has 25 heavy (non-hydrogen) atoms. The van der Waals surface area contributed by atoms with Crippen molar-refractivity contribution in [3.05, 3.63) is 57.7 Å². The fraction of sp³-hybridized carbons (Fsp3) is 0.250. The lowest BCUT2D eigenvalue weighted by atomic mass is 10.4. The molecule has 0 bridgehead atoms. The minimum atomic E-state index is -0.187. The van der Waals surface area contributed by atoms with E-state index in [-0.39, 0.29) is 18.1 Å². The molecule has 0 unspecified atom stereocenters. The van der Waals surface area contributed by atoms with Gasteiger partial charge in [0.2, 0.25) is 5.91 Å². The van der Waals surface area contributed by atoms with E-state index < -0.39 is 0 Å². The third-order valence-electron chi connectivity index (χ3n) is 3.59. The molecule has 0 aliphatic rings. The van der Waals surface area contributed by atoms with E-state index in [0.717, 1.165) is 4.47 Å². The lowest BCUT2D eigenvalue weighted by molar-refractivity contribution is -0.117. The SMILES string of the molecule is CN(CCn1nc2ccccn2c1=O)CC(=O)Nc1ccc(Br)cn1. The summed E-state index contributed by atoms with van der Waals surface area (Å²) in [6.07, 6.45) is 3.30. The van der Waals surface area contributed by atoms with E-state index in [2.05, 4.69) is 31.3 Å². The van der Waals surface area contributed by atoms with Gasteiger partial charge >= 0.3 is 5.69 Å². The van der Waals surface area contributed by atoms with E-state index in [1.165, 1.54) is 9.08 Å². The Morgan fingerprint density at radius 2 is 2.16 bits per heavy atom. The number of halogens is 1. The highest BCUT2D eigenvalue weighted by atomic mass is 79.9. The molecule has 0 spiro atoms. The summed E-state index contributed by atoms with van der Waals surface area (Å²) in [4.78, 5) is 30.1. The predicted octanol–water partition coefficient (Wildman–Crippen LogP) is 1.22. The zero-order chi connectivity index (χ0) is 17.8. The van der Waals surface area contributed by atoms with Crippen molar-refractivity contribution in [2.75, 3.05) is 25.5 Å². The number of amides is 1. The molecule has 0 atom stereocenters. The van der Waals surface area contributed by atoms with Crippen LogP contribution in [0.5, 0.6) is 0 Å². The summed E-state index contributed by atoms with van der Waals surface area (Å²) in [6.45, 7) is 1.12. The first-order valence-electron chi connectivity index (χ1n) is 7.67. The van der Waals surface area contributed by atoms with E-state index in [1.807, 2.05) is 24.1 Å². The molecule has 1 amide bonds. The number of likely N-dealkylation sites (N-methyl/N-ethyl adjacent to an activating group) is 1. The Balaban J connectivity index is 1.54. The molecule has 0 aliphatic heterocycles. The van der Waals surface area contributed by atoms with Gasteiger partial charge in [0.05, 0.1) is 13.1 Å². The van der Waals surface area contributed by atoms with Crippen molar-refractivity contribution in [2.24, 2.45) is 0 Å². The average Bonchev–Trinajstić information content (AvgIpc) is 2.91. The first-order valence-corrected chi connectivity index (χ1v) is 8.46. The molecule has 0 aromatic carbocycles. The van der Waals surface area contributed by atoms with E-state index in [0.29, 0.717) is 24.6 Å². The van der Waals surface area contributed by atoms with Gasteiger partial charge in [-0.2, -0.15) is 0 Å². The lowest BCUT2D eigenvalue weighted by Gasteiger charge is -2.15. The minimum Gasteiger partial charge on any atom is -0.310 e. The van der Waals surface area contributed by atoms with Gasteiger partial charge in [0.1, 0.15) is 5.82 Å². The predicted molar refractivity (Wildman–Crippen MR) is 97.5 cm³/mol. The number of anilines is 1. The van der Waals surface area contributed by atoms with Crippen LogP contribution in [0.15, 0.2) is 52.0 Å². The zero-order valence-corrected chi connectivity index (χ0v) is 15.2. The monoisotopic (exact) mass is 404 g/mol. The van der Waals surface area contributed by atoms with Gasteiger partial charge in [0.25, 0.3) is 0 Å². The zero-order valence-electron chi connectivity index (χ0n) is 13.6. The summed E-state index contributed by atoms with van der Waals surface area (Å²) in [5, 5.41) is 7.00. The molecule has 0 radical (unpaired) electrons. The van der Waals surface area contributed by atoms with Crippen LogP contribution < -0.4 is 11.0 Å². The van der Waals surface area contributed by atoms with Gasteiger partial charge in [0.15, 0.2) is 5.65 Å². The highest BCUT2D eigenvalue weighted by Gasteiger charge is 2.10. The summed E-state index contributed by atoms with van der Waals surface area (Å²) < 4.78 is 3.74. The van der Waals surface area contributed by atoms with Gasteiger partial charge in [-0.3, -0.25) is 14.1 Å². The van der Waals surface area contributed by atoms with Crippen LogP contribution in [-0.4, -0.2) is 50.1 Å². The maximum absolute atomic E-state index is 12.2. The Hall–Kier alpha value is -2.52. The molecule has 0 saturated carbocycles. The summed E-state index contributed by atoms with van der Waals surface area (Å²) in [5.41, 5.74) is 0.418. The number of nitrogens with one attached hydrogen (secondary N) is 1. The van der Waals surface area contributed by atoms with Gasteiger partial charge < -0.3 is 5.32 Å². The molecule has 0 fully saturated rings. The van der Waals surface area contributed by atoms with Crippen molar-refractivity contribution < 1.29 is 4.79 Å². The first-order chi connectivity index (χ1) is 12.0. The standard InChI is InChI=1S/C16H17BrN6O2/c1-21(11-15(24)19-13-6-5-12(17)10-18-13)8-9-23-16(25)22-7-3-2-4-14(22)20-23/h2-7,10H,8-9,11H2,1H3,(H,18,19,24). The third-order valence-corrected chi connectivity index (χ3v) is 4.06. The minimum absolute atomic E-state index is 0.167. The first kappa shape index (κ1) is 17.3. The third kappa shape index (κ3) is 4.31. The molecule has 0 saturated heterocycles. The fourth-order valence-corrected chi connectivity index (χ4v) is 2.57. The van der Waals surface area contributed by atoms with Gasteiger partial charge in [-0.25, -0.2) is 14.5 Å². The van der Waals surface area contributed by atoms with Crippen LogP contribution in [-0.2, 0) is 11.3 Å². The maximum Gasteiger partial charge on any atom is 0.350 e. The van der Waals surface area contributed by atoms with E-state index in [1.54, 1.807) is 30.6 Å². The van der Waals surface area contributed by atoms with Crippen LogP contribution in [0.4, 0.5) is 5.82 Å². The molecule has 3 aromatic rings. The Bertz CT molecular complexity index is 934. The Morgan fingerprint density at radius 3 is 2.88 bits per heavy atom. The number of carbonyl (C=O) groups is 1. The van der Waals surface area contributed by atoms with Crippen LogP contribution in [0, 0.1) is 0 Å². The molecule has 0 aliphatic carbocycles. The van der Waals surface area contributed by atoms with Crippen molar-refractivity contribution in [2.45, 2.75) is 6.54 Å². The number of rotatable bonds is 6. The highest BCUT2D eigenvalue weighted by Crippen LogP contribution is 2.10. The van der Waals surface area contributed by atoms with Crippen molar-refractivity contribution >= 4 is 33.3 Å². The smallest absolute Gasteiger partial charge is 0.310 e. The summed E-state index contributed by atoms with van der Waals surface area (Å²) in [7, 11) is 1.81. The van der Waals surface area contributed by atoms with Crippen molar-refractivity contribution in [3.8, 4) is 0 Å². The van der Waals surface area contributed by atoms with Gasteiger partial charge in [-0.1, -0.05) is 6.07 Å². The number of carbonyl (C=O) groups excluding carboxylic acids is 1. The van der Waals surface area contributed by atoms with Crippen LogP contribution in [0.2, 0.25) is 0 Å². The molecule has 1 N–H and O–H groups in total. The molecule has 130 valence electrons.